The van der Waals surface area contributed by atoms with Crippen LogP contribution in [-0.4, -0.2) is 23.5 Å². The van der Waals surface area contributed by atoms with E-state index in [2.05, 4.69) is 15.6 Å². The van der Waals surface area contributed by atoms with Gasteiger partial charge in [0.1, 0.15) is 0 Å². The maximum Gasteiger partial charge on any atom is 0.241 e. The van der Waals surface area contributed by atoms with Crippen LogP contribution in [0.1, 0.15) is 19.3 Å². The topological polar surface area (TPSA) is 54.0 Å². The van der Waals surface area contributed by atoms with E-state index in [0.717, 1.165) is 31.5 Å². The summed E-state index contributed by atoms with van der Waals surface area (Å²) in [6.07, 6.45) is 6.55. The highest BCUT2D eigenvalue weighted by atomic mass is 35.5. The van der Waals surface area contributed by atoms with E-state index in [4.69, 9.17) is 0 Å². The Hall–Kier alpha value is -0.840. The number of hydrogen-bond acceptors (Lipinski definition) is 3. The molecule has 6 heteroatoms. The predicted molar refractivity (Wildman–Crippen MR) is 73.0 cm³/mol. The second-order valence-corrected chi connectivity index (χ2v) is 3.73. The zero-order chi connectivity index (χ0) is 10.5. The molecule has 2 heterocycles. The Morgan fingerprint density at radius 2 is 2.24 bits per heavy atom. The molecule has 0 spiro atoms. The summed E-state index contributed by atoms with van der Waals surface area (Å²) in [5, 5.41) is 6.05. The molecule has 1 aromatic heterocycles. The first-order chi connectivity index (χ1) is 7.36. The molecule has 0 aromatic carbocycles. The minimum Gasteiger partial charge on any atom is -0.323 e. The third-order valence-corrected chi connectivity index (χ3v) is 2.56. The molecule has 4 nitrogen and oxygen atoms in total. The van der Waals surface area contributed by atoms with Crippen molar-refractivity contribution in [1.29, 1.82) is 0 Å². The zero-order valence-corrected chi connectivity index (χ0v) is 11.0. The number of carbonyl (C=O) groups excluding carboxylic acids is 1. The first-order valence-corrected chi connectivity index (χ1v) is 5.30. The number of piperidine rings is 1. The summed E-state index contributed by atoms with van der Waals surface area (Å²) in [5.41, 5.74) is 0.759. The maximum absolute atomic E-state index is 11.8. The lowest BCUT2D eigenvalue weighted by Gasteiger charge is -2.22. The Bertz CT molecular complexity index is 329. The number of anilines is 1. The fourth-order valence-electron chi connectivity index (χ4n) is 1.74. The second kappa shape index (κ2) is 8.28. The van der Waals surface area contributed by atoms with Crippen molar-refractivity contribution in [3.63, 3.8) is 0 Å². The highest BCUT2D eigenvalue weighted by molar-refractivity contribution is 5.94. The van der Waals surface area contributed by atoms with Gasteiger partial charge in [-0.1, -0.05) is 6.42 Å². The highest BCUT2D eigenvalue weighted by Gasteiger charge is 2.20. The Balaban J connectivity index is 0.00000128. The van der Waals surface area contributed by atoms with Gasteiger partial charge in [-0.05, 0) is 31.5 Å². The van der Waals surface area contributed by atoms with Gasteiger partial charge in [-0.15, -0.1) is 24.8 Å². The van der Waals surface area contributed by atoms with Crippen LogP contribution in [0.15, 0.2) is 24.5 Å². The number of amides is 1. The average Bonchev–Trinajstić information content (AvgIpc) is 2.31. The Labute approximate surface area is 113 Å². The Kier molecular flexibility index (Phi) is 7.87. The molecule has 2 N–H and O–H groups in total. The Morgan fingerprint density at radius 3 is 2.82 bits per heavy atom. The number of nitrogens with zero attached hydrogens (tertiary/aromatic N) is 1. The van der Waals surface area contributed by atoms with Gasteiger partial charge in [0.15, 0.2) is 0 Å². The summed E-state index contributed by atoms with van der Waals surface area (Å²) in [6, 6.07) is 3.61. The first-order valence-electron chi connectivity index (χ1n) is 5.30. The van der Waals surface area contributed by atoms with E-state index in [1.807, 2.05) is 12.1 Å². The van der Waals surface area contributed by atoms with Gasteiger partial charge in [-0.25, -0.2) is 0 Å². The van der Waals surface area contributed by atoms with E-state index in [9.17, 15) is 4.79 Å². The van der Waals surface area contributed by atoms with Crippen molar-refractivity contribution in [3.8, 4) is 0 Å². The standard InChI is InChI=1S/C11H15N3O.2ClH/c15-11(10-5-1-2-7-13-10)14-9-4-3-6-12-8-9;;/h3-4,6,8,10,13H,1-2,5,7H2,(H,14,15);2*1H. The van der Waals surface area contributed by atoms with Gasteiger partial charge in [0.05, 0.1) is 17.9 Å². The van der Waals surface area contributed by atoms with Crippen molar-refractivity contribution in [1.82, 2.24) is 10.3 Å². The molecule has 17 heavy (non-hydrogen) atoms. The van der Waals surface area contributed by atoms with E-state index < -0.39 is 0 Å². The molecule has 0 radical (unpaired) electrons. The number of pyridine rings is 1. The fourth-order valence-corrected chi connectivity index (χ4v) is 1.74. The lowest BCUT2D eigenvalue weighted by molar-refractivity contribution is -0.118. The van der Waals surface area contributed by atoms with Crippen LogP contribution in [0.25, 0.3) is 0 Å². The minimum atomic E-state index is -0.0426. The van der Waals surface area contributed by atoms with Crippen molar-refractivity contribution in [2.45, 2.75) is 25.3 Å². The van der Waals surface area contributed by atoms with Crippen LogP contribution in [0.5, 0.6) is 0 Å². The normalized spacial score (nSPS) is 18.5. The van der Waals surface area contributed by atoms with E-state index in [-0.39, 0.29) is 36.8 Å². The van der Waals surface area contributed by atoms with Crippen LogP contribution < -0.4 is 10.6 Å². The lowest BCUT2D eigenvalue weighted by Crippen LogP contribution is -2.43. The van der Waals surface area contributed by atoms with Crippen LogP contribution in [0.3, 0.4) is 0 Å². The molecule has 1 aliphatic rings. The van der Waals surface area contributed by atoms with E-state index in [1.165, 1.54) is 0 Å². The maximum atomic E-state index is 11.8. The zero-order valence-electron chi connectivity index (χ0n) is 9.39. The van der Waals surface area contributed by atoms with Crippen molar-refractivity contribution in [2.24, 2.45) is 0 Å². The number of halogens is 2. The molecule has 1 unspecified atom stereocenters. The molecule has 1 amide bonds. The summed E-state index contributed by atoms with van der Waals surface area (Å²) >= 11 is 0. The third-order valence-electron chi connectivity index (χ3n) is 2.56. The lowest BCUT2D eigenvalue weighted by atomic mass is 10.0. The summed E-state index contributed by atoms with van der Waals surface area (Å²) in [4.78, 5) is 15.7. The van der Waals surface area contributed by atoms with Crippen molar-refractivity contribution >= 4 is 36.4 Å². The largest absolute Gasteiger partial charge is 0.323 e. The molecule has 1 aromatic rings. The SMILES string of the molecule is Cl.Cl.O=C(Nc1cccnc1)C1CCCCN1. The molecular weight excluding hydrogens is 261 g/mol. The Morgan fingerprint density at radius 1 is 1.41 bits per heavy atom. The first kappa shape index (κ1) is 16.2. The number of aromatic nitrogens is 1. The van der Waals surface area contributed by atoms with Crippen LogP contribution >= 0.6 is 24.8 Å². The van der Waals surface area contributed by atoms with Gasteiger partial charge < -0.3 is 10.6 Å². The van der Waals surface area contributed by atoms with Crippen molar-refractivity contribution in [3.05, 3.63) is 24.5 Å². The van der Waals surface area contributed by atoms with Crippen molar-refractivity contribution in [2.75, 3.05) is 11.9 Å². The van der Waals surface area contributed by atoms with Gasteiger partial charge in [0.2, 0.25) is 5.91 Å². The summed E-state index contributed by atoms with van der Waals surface area (Å²) < 4.78 is 0. The molecular formula is C11H17Cl2N3O. The molecule has 1 atom stereocenters. The number of hydrogen-bond donors (Lipinski definition) is 2. The van der Waals surface area contributed by atoms with Gasteiger partial charge in [0, 0.05) is 6.20 Å². The third kappa shape index (κ3) is 4.89. The molecule has 0 saturated carbocycles. The summed E-state index contributed by atoms with van der Waals surface area (Å²) in [6.45, 7) is 0.936. The highest BCUT2D eigenvalue weighted by Crippen LogP contribution is 2.10. The summed E-state index contributed by atoms with van der Waals surface area (Å²) in [5.74, 6) is 0.0442. The summed E-state index contributed by atoms with van der Waals surface area (Å²) in [7, 11) is 0. The molecule has 2 rings (SSSR count). The fraction of sp³-hybridized carbons (Fsp3) is 0.455. The monoisotopic (exact) mass is 277 g/mol. The van der Waals surface area contributed by atoms with E-state index >= 15 is 0 Å². The molecule has 1 saturated heterocycles. The quantitative estimate of drug-likeness (QED) is 0.870. The van der Waals surface area contributed by atoms with Gasteiger partial charge in [-0.2, -0.15) is 0 Å². The predicted octanol–water partition coefficient (Wildman–Crippen LogP) is 2.01. The molecule has 96 valence electrons. The van der Waals surface area contributed by atoms with E-state index in [1.54, 1.807) is 12.4 Å². The molecule has 0 bridgehead atoms. The second-order valence-electron chi connectivity index (χ2n) is 3.73. The van der Waals surface area contributed by atoms with Gasteiger partial charge >= 0.3 is 0 Å². The number of nitrogens with one attached hydrogen (secondary N) is 2. The smallest absolute Gasteiger partial charge is 0.241 e. The molecule has 1 aliphatic heterocycles. The van der Waals surface area contributed by atoms with Gasteiger partial charge in [-0.3, -0.25) is 9.78 Å². The van der Waals surface area contributed by atoms with Gasteiger partial charge in [0.25, 0.3) is 0 Å². The molecule has 1 fully saturated rings. The number of carbonyl (C=O) groups is 1. The van der Waals surface area contributed by atoms with Crippen LogP contribution in [0, 0.1) is 0 Å². The average molecular weight is 278 g/mol. The number of rotatable bonds is 2. The van der Waals surface area contributed by atoms with Crippen LogP contribution in [0.2, 0.25) is 0 Å². The van der Waals surface area contributed by atoms with Crippen molar-refractivity contribution < 1.29 is 4.79 Å². The van der Waals surface area contributed by atoms with Crippen LogP contribution in [0.4, 0.5) is 5.69 Å². The minimum absolute atomic E-state index is 0. The van der Waals surface area contributed by atoms with Crippen LogP contribution in [-0.2, 0) is 4.79 Å². The molecule has 0 aliphatic carbocycles. The van der Waals surface area contributed by atoms with E-state index in [0.29, 0.717) is 0 Å².